The summed E-state index contributed by atoms with van der Waals surface area (Å²) in [4.78, 5) is 23.6. The van der Waals surface area contributed by atoms with Gasteiger partial charge in [0.05, 0.1) is 47.0 Å². The van der Waals surface area contributed by atoms with Crippen LogP contribution in [0.2, 0.25) is 0 Å². The number of aromatic nitrogens is 7. The van der Waals surface area contributed by atoms with Crippen LogP contribution in [0.4, 0.5) is 0 Å². The standard InChI is InChI=1S/C25H15N9/c26-13-11-21-29-16-6-1-3-9-19(16)33(21)24-25(32-23-18(31-24)8-5-15-28-23)34-20-10-4-2-7-17(20)30-22(34)12-14-27/h1-10,15H,11-12H2. The van der Waals surface area contributed by atoms with Crippen LogP contribution in [0.5, 0.6) is 0 Å². The highest BCUT2D eigenvalue weighted by Gasteiger charge is 2.23. The zero-order valence-electron chi connectivity index (χ0n) is 17.8. The number of fused-ring (bicyclic) bond motifs is 3. The molecule has 160 valence electrons. The van der Waals surface area contributed by atoms with Crippen LogP contribution in [0.3, 0.4) is 0 Å². The lowest BCUT2D eigenvalue weighted by atomic mass is 10.3. The predicted molar refractivity (Wildman–Crippen MR) is 125 cm³/mol. The second-order valence-electron chi connectivity index (χ2n) is 7.59. The Morgan fingerprint density at radius 3 is 1.74 bits per heavy atom. The second-order valence-corrected chi connectivity index (χ2v) is 7.59. The smallest absolute Gasteiger partial charge is 0.185 e. The average molecular weight is 441 g/mol. The van der Waals surface area contributed by atoms with Gasteiger partial charge in [-0.3, -0.25) is 9.13 Å². The summed E-state index contributed by atoms with van der Waals surface area (Å²) in [6.45, 7) is 0. The Morgan fingerprint density at radius 2 is 1.15 bits per heavy atom. The molecule has 0 N–H and O–H groups in total. The first-order valence-electron chi connectivity index (χ1n) is 10.6. The van der Waals surface area contributed by atoms with Crippen molar-refractivity contribution < 1.29 is 0 Å². The van der Waals surface area contributed by atoms with Crippen LogP contribution in [0.15, 0.2) is 66.9 Å². The molecule has 0 spiro atoms. The molecule has 4 aromatic heterocycles. The Bertz CT molecular complexity index is 1660. The number of para-hydroxylation sites is 4. The summed E-state index contributed by atoms with van der Waals surface area (Å²) >= 11 is 0. The number of hydrogen-bond donors (Lipinski definition) is 0. The minimum Gasteiger partial charge on any atom is -0.276 e. The molecule has 0 aliphatic carbocycles. The fraction of sp³-hybridized carbons (Fsp3) is 0.0800. The van der Waals surface area contributed by atoms with Crippen molar-refractivity contribution in [3.8, 4) is 23.8 Å². The summed E-state index contributed by atoms with van der Waals surface area (Å²) in [5.41, 5.74) is 4.16. The molecule has 0 radical (unpaired) electrons. The monoisotopic (exact) mass is 441 g/mol. The van der Waals surface area contributed by atoms with Crippen LogP contribution in [-0.2, 0) is 12.8 Å². The number of hydrogen-bond acceptors (Lipinski definition) is 7. The molecule has 0 aliphatic heterocycles. The number of imidazole rings is 2. The first-order valence-corrected chi connectivity index (χ1v) is 10.6. The third-order valence-electron chi connectivity index (χ3n) is 5.56. The van der Waals surface area contributed by atoms with Gasteiger partial charge >= 0.3 is 0 Å². The third-order valence-corrected chi connectivity index (χ3v) is 5.56. The summed E-state index contributed by atoms with van der Waals surface area (Å²) in [5, 5.41) is 19.0. The topological polar surface area (TPSA) is 122 Å². The summed E-state index contributed by atoms with van der Waals surface area (Å²) in [6, 6.07) is 23.3. The van der Waals surface area contributed by atoms with Crippen molar-refractivity contribution in [2.45, 2.75) is 12.8 Å². The molecule has 0 unspecified atom stereocenters. The molecule has 0 amide bonds. The fourth-order valence-corrected chi connectivity index (χ4v) is 4.18. The normalized spacial score (nSPS) is 11.1. The molecule has 0 aliphatic rings. The number of nitrogens with zero attached hydrogens (tertiary/aromatic N) is 9. The highest BCUT2D eigenvalue weighted by molar-refractivity contribution is 5.83. The maximum Gasteiger partial charge on any atom is 0.185 e. The molecular weight excluding hydrogens is 426 g/mol. The number of rotatable bonds is 4. The van der Waals surface area contributed by atoms with Crippen LogP contribution in [0, 0.1) is 22.7 Å². The van der Waals surface area contributed by atoms with Gasteiger partial charge in [-0.25, -0.2) is 24.9 Å². The van der Waals surface area contributed by atoms with Gasteiger partial charge in [-0.2, -0.15) is 10.5 Å². The molecule has 0 atom stereocenters. The van der Waals surface area contributed by atoms with E-state index in [-0.39, 0.29) is 12.8 Å². The Balaban J connectivity index is 1.78. The van der Waals surface area contributed by atoms with Gasteiger partial charge in [-0.05, 0) is 36.4 Å². The molecule has 0 bridgehead atoms. The van der Waals surface area contributed by atoms with Crippen molar-refractivity contribution in [2.24, 2.45) is 0 Å². The average Bonchev–Trinajstić information content (AvgIpc) is 3.41. The summed E-state index contributed by atoms with van der Waals surface area (Å²) in [5.74, 6) is 2.05. The second kappa shape index (κ2) is 7.76. The van der Waals surface area contributed by atoms with Gasteiger partial charge in [0.2, 0.25) is 0 Å². The molecule has 0 saturated carbocycles. The van der Waals surface area contributed by atoms with Crippen LogP contribution in [0.1, 0.15) is 11.6 Å². The highest BCUT2D eigenvalue weighted by atomic mass is 15.2. The van der Waals surface area contributed by atoms with E-state index < -0.39 is 0 Å². The third kappa shape index (κ3) is 2.96. The van der Waals surface area contributed by atoms with Crippen LogP contribution < -0.4 is 0 Å². The zero-order chi connectivity index (χ0) is 23.1. The van der Waals surface area contributed by atoms with Crippen molar-refractivity contribution >= 4 is 33.2 Å². The van der Waals surface area contributed by atoms with Crippen LogP contribution in [0.25, 0.3) is 44.9 Å². The Morgan fingerprint density at radius 1 is 0.618 bits per heavy atom. The Labute approximate surface area is 193 Å². The molecule has 0 saturated heterocycles. The lowest BCUT2D eigenvalue weighted by Gasteiger charge is -2.15. The number of nitriles is 2. The van der Waals surface area contributed by atoms with Crippen molar-refractivity contribution in [3.05, 3.63) is 78.5 Å². The van der Waals surface area contributed by atoms with E-state index in [1.165, 1.54) is 0 Å². The number of pyridine rings is 1. The van der Waals surface area contributed by atoms with Crippen molar-refractivity contribution in [2.75, 3.05) is 0 Å². The van der Waals surface area contributed by atoms with Crippen molar-refractivity contribution in [3.63, 3.8) is 0 Å². The van der Waals surface area contributed by atoms with E-state index in [0.29, 0.717) is 34.4 Å². The van der Waals surface area contributed by atoms with E-state index in [1.807, 2.05) is 63.7 Å². The minimum atomic E-state index is 0.0891. The molecule has 6 rings (SSSR count). The molecule has 9 nitrogen and oxygen atoms in total. The lowest BCUT2D eigenvalue weighted by Crippen LogP contribution is -2.13. The lowest BCUT2D eigenvalue weighted by molar-refractivity contribution is 0.863. The van der Waals surface area contributed by atoms with Gasteiger partial charge in [-0.15, -0.1) is 0 Å². The Kier molecular flexibility index (Phi) is 4.46. The van der Waals surface area contributed by atoms with E-state index in [2.05, 4.69) is 27.1 Å². The van der Waals surface area contributed by atoms with Crippen LogP contribution >= 0.6 is 0 Å². The predicted octanol–water partition coefficient (Wildman–Crippen LogP) is 3.83. The molecule has 4 heterocycles. The summed E-state index contributed by atoms with van der Waals surface area (Å²) in [6.07, 6.45) is 1.85. The van der Waals surface area contributed by atoms with Gasteiger partial charge < -0.3 is 0 Å². The summed E-state index contributed by atoms with van der Waals surface area (Å²) in [7, 11) is 0. The van der Waals surface area contributed by atoms with E-state index in [1.54, 1.807) is 12.3 Å². The largest absolute Gasteiger partial charge is 0.276 e. The van der Waals surface area contributed by atoms with Gasteiger partial charge in [-0.1, -0.05) is 24.3 Å². The molecule has 34 heavy (non-hydrogen) atoms. The van der Waals surface area contributed by atoms with Gasteiger partial charge in [0.25, 0.3) is 0 Å². The van der Waals surface area contributed by atoms with Crippen LogP contribution in [-0.4, -0.2) is 34.1 Å². The minimum absolute atomic E-state index is 0.0891. The molecule has 9 heteroatoms. The Hall–Kier alpha value is -5.15. The van der Waals surface area contributed by atoms with E-state index in [9.17, 15) is 10.5 Å². The summed E-state index contributed by atoms with van der Waals surface area (Å²) < 4.78 is 3.71. The molecular formula is C25H15N9. The van der Waals surface area contributed by atoms with E-state index in [0.717, 1.165) is 22.1 Å². The molecule has 6 aromatic rings. The zero-order valence-corrected chi connectivity index (χ0v) is 17.8. The van der Waals surface area contributed by atoms with Crippen molar-refractivity contribution in [1.29, 1.82) is 10.5 Å². The van der Waals surface area contributed by atoms with E-state index in [4.69, 9.17) is 9.97 Å². The highest BCUT2D eigenvalue weighted by Crippen LogP contribution is 2.29. The van der Waals surface area contributed by atoms with Gasteiger partial charge in [0, 0.05) is 6.20 Å². The maximum atomic E-state index is 9.50. The molecule has 2 aromatic carbocycles. The first kappa shape index (κ1) is 19.5. The van der Waals surface area contributed by atoms with Gasteiger partial charge in [0.15, 0.2) is 17.3 Å². The first-order chi connectivity index (χ1) is 16.8. The number of benzene rings is 2. The maximum absolute atomic E-state index is 9.50. The molecule has 0 fully saturated rings. The SMILES string of the molecule is N#CCc1nc2ccccc2n1-c1nc2cccnc2nc1-n1c(CC#N)nc2ccccc21. The quantitative estimate of drug-likeness (QED) is 0.407. The fourth-order valence-electron chi connectivity index (χ4n) is 4.18. The van der Waals surface area contributed by atoms with E-state index >= 15 is 0 Å². The van der Waals surface area contributed by atoms with Crippen molar-refractivity contribution in [1.82, 2.24) is 34.1 Å². The van der Waals surface area contributed by atoms with Gasteiger partial charge in [0.1, 0.15) is 17.2 Å².